The van der Waals surface area contributed by atoms with E-state index in [4.69, 9.17) is 5.73 Å². The maximum atomic E-state index is 11.5. The number of nitrogen functional groups attached to an aromatic ring is 1. The summed E-state index contributed by atoms with van der Waals surface area (Å²) in [5, 5.41) is 2.81. The average molecular weight is 192 g/mol. The van der Waals surface area contributed by atoms with Crippen molar-refractivity contribution in [1.29, 1.82) is 0 Å². The van der Waals surface area contributed by atoms with Crippen molar-refractivity contribution in [3.63, 3.8) is 0 Å². The number of hydrogen-bond donors (Lipinski definition) is 2. The molecule has 0 fully saturated rings. The molecule has 76 valence electrons. The summed E-state index contributed by atoms with van der Waals surface area (Å²) in [5.41, 5.74) is 7.92. The number of aryl methyl sites for hydroxylation is 1. The quantitative estimate of drug-likeness (QED) is 0.716. The van der Waals surface area contributed by atoms with Crippen LogP contribution in [-0.2, 0) is 0 Å². The van der Waals surface area contributed by atoms with Crippen LogP contribution < -0.4 is 11.1 Å². The lowest BCUT2D eigenvalue weighted by molar-refractivity contribution is 0.0953. The van der Waals surface area contributed by atoms with Gasteiger partial charge >= 0.3 is 0 Å². The van der Waals surface area contributed by atoms with Gasteiger partial charge in [-0.3, -0.25) is 4.79 Å². The number of amides is 1. The highest BCUT2D eigenvalue weighted by Crippen LogP contribution is 2.10. The van der Waals surface area contributed by atoms with E-state index in [0.29, 0.717) is 17.8 Å². The Hall–Kier alpha value is -1.51. The third-order valence-electron chi connectivity index (χ3n) is 1.90. The summed E-state index contributed by atoms with van der Waals surface area (Å²) in [6.45, 7) is 4.64. The molecule has 0 aliphatic carbocycles. The Labute approximate surface area is 84.3 Å². The van der Waals surface area contributed by atoms with Crippen LogP contribution >= 0.6 is 0 Å². The van der Waals surface area contributed by atoms with E-state index in [1.807, 2.05) is 26.0 Å². The fourth-order valence-electron chi connectivity index (χ4n) is 1.28. The summed E-state index contributed by atoms with van der Waals surface area (Å²) in [4.78, 5) is 11.5. The molecule has 0 spiro atoms. The second-order valence-electron chi connectivity index (χ2n) is 3.39. The highest BCUT2D eigenvalue weighted by molar-refractivity contribution is 5.95. The van der Waals surface area contributed by atoms with E-state index in [9.17, 15) is 4.79 Å². The second-order valence-corrected chi connectivity index (χ2v) is 3.39. The molecule has 1 aromatic rings. The second kappa shape index (κ2) is 4.65. The van der Waals surface area contributed by atoms with E-state index in [0.717, 1.165) is 12.0 Å². The van der Waals surface area contributed by atoms with E-state index in [1.54, 1.807) is 6.07 Å². The van der Waals surface area contributed by atoms with Crippen LogP contribution in [0, 0.1) is 6.92 Å². The van der Waals surface area contributed by atoms with Gasteiger partial charge in [0.05, 0.1) is 0 Å². The van der Waals surface area contributed by atoms with Crippen molar-refractivity contribution in [1.82, 2.24) is 5.32 Å². The molecule has 1 rings (SSSR count). The van der Waals surface area contributed by atoms with Crippen LogP contribution in [-0.4, -0.2) is 12.5 Å². The number of carbonyl (C=O) groups excluding carboxylic acids is 1. The van der Waals surface area contributed by atoms with E-state index in [-0.39, 0.29) is 5.91 Å². The Morgan fingerprint density at radius 2 is 2.14 bits per heavy atom. The van der Waals surface area contributed by atoms with Gasteiger partial charge in [-0.2, -0.15) is 0 Å². The molecule has 1 aromatic carbocycles. The zero-order chi connectivity index (χ0) is 10.6. The van der Waals surface area contributed by atoms with Gasteiger partial charge in [0.25, 0.3) is 5.91 Å². The Kier molecular flexibility index (Phi) is 3.51. The van der Waals surface area contributed by atoms with Gasteiger partial charge in [-0.25, -0.2) is 0 Å². The average Bonchev–Trinajstić information content (AvgIpc) is 2.12. The third kappa shape index (κ3) is 2.76. The molecule has 3 nitrogen and oxygen atoms in total. The zero-order valence-electron chi connectivity index (χ0n) is 8.63. The normalized spacial score (nSPS) is 9.86. The Balaban J connectivity index is 2.79. The molecule has 0 saturated heterocycles. The fourth-order valence-corrected chi connectivity index (χ4v) is 1.28. The third-order valence-corrected chi connectivity index (χ3v) is 1.90. The number of hydrogen-bond acceptors (Lipinski definition) is 2. The highest BCUT2D eigenvalue weighted by atomic mass is 16.1. The van der Waals surface area contributed by atoms with Crippen molar-refractivity contribution in [2.45, 2.75) is 20.3 Å². The first-order valence-electron chi connectivity index (χ1n) is 4.79. The van der Waals surface area contributed by atoms with E-state index >= 15 is 0 Å². The molecule has 0 aliphatic rings. The number of nitrogens with two attached hydrogens (primary N) is 1. The molecule has 0 bridgehead atoms. The molecule has 0 heterocycles. The first-order chi connectivity index (χ1) is 6.63. The SMILES string of the molecule is CCCNC(=O)c1cc(C)cc(N)c1. The monoisotopic (exact) mass is 192 g/mol. The van der Waals surface area contributed by atoms with Crippen molar-refractivity contribution in [3.05, 3.63) is 29.3 Å². The Morgan fingerprint density at radius 1 is 1.43 bits per heavy atom. The van der Waals surface area contributed by atoms with Crippen LogP contribution in [0.1, 0.15) is 29.3 Å². The van der Waals surface area contributed by atoms with Crippen molar-refractivity contribution < 1.29 is 4.79 Å². The number of nitrogens with one attached hydrogen (secondary N) is 1. The molecular weight excluding hydrogens is 176 g/mol. The number of anilines is 1. The van der Waals surface area contributed by atoms with Gasteiger partial charge in [-0.05, 0) is 37.1 Å². The summed E-state index contributed by atoms with van der Waals surface area (Å²) in [6, 6.07) is 5.37. The molecule has 0 unspecified atom stereocenters. The molecular formula is C11H16N2O. The Morgan fingerprint density at radius 3 is 2.71 bits per heavy atom. The van der Waals surface area contributed by atoms with Crippen LogP contribution in [0.2, 0.25) is 0 Å². The van der Waals surface area contributed by atoms with Gasteiger partial charge in [0.2, 0.25) is 0 Å². The maximum absolute atomic E-state index is 11.5. The lowest BCUT2D eigenvalue weighted by atomic mass is 10.1. The molecule has 0 aromatic heterocycles. The minimum atomic E-state index is -0.0535. The molecule has 3 heteroatoms. The van der Waals surface area contributed by atoms with Crippen LogP contribution in [0.4, 0.5) is 5.69 Å². The van der Waals surface area contributed by atoms with Crippen LogP contribution in [0.15, 0.2) is 18.2 Å². The minimum Gasteiger partial charge on any atom is -0.399 e. The lowest BCUT2D eigenvalue weighted by Crippen LogP contribution is -2.24. The minimum absolute atomic E-state index is 0.0535. The molecule has 0 radical (unpaired) electrons. The van der Waals surface area contributed by atoms with Gasteiger partial charge in [0.15, 0.2) is 0 Å². The van der Waals surface area contributed by atoms with E-state index in [2.05, 4.69) is 5.32 Å². The molecule has 1 amide bonds. The molecule has 3 N–H and O–H groups in total. The van der Waals surface area contributed by atoms with Crippen LogP contribution in [0.3, 0.4) is 0 Å². The summed E-state index contributed by atoms with van der Waals surface area (Å²) >= 11 is 0. The number of carbonyl (C=O) groups is 1. The summed E-state index contributed by atoms with van der Waals surface area (Å²) in [7, 11) is 0. The first-order valence-corrected chi connectivity index (χ1v) is 4.79. The van der Waals surface area contributed by atoms with Gasteiger partial charge in [-0.15, -0.1) is 0 Å². The van der Waals surface area contributed by atoms with Crippen LogP contribution in [0.25, 0.3) is 0 Å². The number of benzene rings is 1. The predicted octanol–water partition coefficient (Wildman–Crippen LogP) is 1.72. The molecule has 0 aliphatic heterocycles. The highest BCUT2D eigenvalue weighted by Gasteiger charge is 2.05. The predicted molar refractivity (Wildman–Crippen MR) is 58.2 cm³/mol. The maximum Gasteiger partial charge on any atom is 0.251 e. The van der Waals surface area contributed by atoms with Crippen molar-refractivity contribution in [2.75, 3.05) is 12.3 Å². The van der Waals surface area contributed by atoms with Gasteiger partial charge < -0.3 is 11.1 Å². The Bertz CT molecular complexity index is 314. The summed E-state index contributed by atoms with van der Waals surface area (Å²) in [5.74, 6) is -0.0535. The van der Waals surface area contributed by atoms with Crippen molar-refractivity contribution in [3.8, 4) is 0 Å². The van der Waals surface area contributed by atoms with Crippen LogP contribution in [0.5, 0.6) is 0 Å². The topological polar surface area (TPSA) is 55.1 Å². The van der Waals surface area contributed by atoms with E-state index in [1.165, 1.54) is 0 Å². The van der Waals surface area contributed by atoms with Crippen molar-refractivity contribution in [2.24, 2.45) is 0 Å². The van der Waals surface area contributed by atoms with Gasteiger partial charge in [0, 0.05) is 17.8 Å². The van der Waals surface area contributed by atoms with Crippen molar-refractivity contribution >= 4 is 11.6 Å². The largest absolute Gasteiger partial charge is 0.399 e. The van der Waals surface area contributed by atoms with Gasteiger partial charge in [0.1, 0.15) is 0 Å². The molecule has 0 atom stereocenters. The summed E-state index contributed by atoms with van der Waals surface area (Å²) < 4.78 is 0. The molecule has 14 heavy (non-hydrogen) atoms. The first kappa shape index (κ1) is 10.6. The van der Waals surface area contributed by atoms with E-state index < -0.39 is 0 Å². The van der Waals surface area contributed by atoms with Gasteiger partial charge in [-0.1, -0.05) is 6.92 Å². The molecule has 0 saturated carbocycles. The fraction of sp³-hybridized carbons (Fsp3) is 0.364. The smallest absolute Gasteiger partial charge is 0.251 e. The number of rotatable bonds is 3. The standard InChI is InChI=1S/C11H16N2O/c1-3-4-13-11(14)9-5-8(2)6-10(12)7-9/h5-7H,3-4,12H2,1-2H3,(H,13,14). The lowest BCUT2D eigenvalue weighted by Gasteiger charge is -2.05. The zero-order valence-corrected chi connectivity index (χ0v) is 8.63. The summed E-state index contributed by atoms with van der Waals surface area (Å²) in [6.07, 6.45) is 0.938.